The lowest BCUT2D eigenvalue weighted by atomic mass is 10.2. The zero-order valence-electron chi connectivity index (χ0n) is 10.0. The molecule has 0 saturated heterocycles. The molecule has 1 aromatic rings. The molecule has 0 heterocycles. The summed E-state index contributed by atoms with van der Waals surface area (Å²) in [5.41, 5.74) is 1.84. The molecule has 0 fully saturated rings. The van der Waals surface area contributed by atoms with Crippen molar-refractivity contribution >= 4 is 27.6 Å². The first-order chi connectivity index (χ1) is 8.13. The third kappa shape index (κ3) is 5.19. The highest BCUT2D eigenvalue weighted by atomic mass is 79.9. The second-order valence-corrected chi connectivity index (χ2v) is 4.60. The Kier molecular flexibility index (Phi) is 6.00. The molecule has 94 valence electrons. The molecule has 4 nitrogen and oxygen atoms in total. The quantitative estimate of drug-likeness (QED) is 0.822. The van der Waals surface area contributed by atoms with E-state index in [0.29, 0.717) is 13.2 Å². The van der Waals surface area contributed by atoms with Crippen LogP contribution in [0.1, 0.15) is 12.0 Å². The predicted molar refractivity (Wildman–Crippen MR) is 72.4 cm³/mol. The normalized spacial score (nSPS) is 10.1. The van der Waals surface area contributed by atoms with Gasteiger partial charge in [-0.25, -0.2) is 4.79 Å². The number of ether oxygens (including phenoxy) is 1. The number of aryl methyl sites for hydroxylation is 1. The van der Waals surface area contributed by atoms with Crippen molar-refractivity contribution in [2.45, 2.75) is 13.3 Å². The van der Waals surface area contributed by atoms with Gasteiger partial charge in [0.25, 0.3) is 0 Å². The van der Waals surface area contributed by atoms with E-state index in [2.05, 4.69) is 26.6 Å². The Labute approximate surface area is 110 Å². The summed E-state index contributed by atoms with van der Waals surface area (Å²) in [7, 11) is 1.64. The molecule has 1 aromatic carbocycles. The molecule has 0 radical (unpaired) electrons. The summed E-state index contributed by atoms with van der Waals surface area (Å²) in [5, 5.41) is 5.57. The minimum absolute atomic E-state index is 0.188. The number of methoxy groups -OCH3 is 1. The molecule has 17 heavy (non-hydrogen) atoms. The number of amides is 2. The van der Waals surface area contributed by atoms with Crippen LogP contribution < -0.4 is 10.6 Å². The maximum atomic E-state index is 11.5. The van der Waals surface area contributed by atoms with Crippen molar-refractivity contribution in [3.8, 4) is 0 Å². The highest BCUT2D eigenvalue weighted by molar-refractivity contribution is 9.10. The molecule has 0 aliphatic carbocycles. The van der Waals surface area contributed by atoms with Crippen molar-refractivity contribution < 1.29 is 9.53 Å². The van der Waals surface area contributed by atoms with Crippen LogP contribution in [0.4, 0.5) is 10.5 Å². The van der Waals surface area contributed by atoms with E-state index in [4.69, 9.17) is 4.74 Å². The monoisotopic (exact) mass is 300 g/mol. The molecule has 0 atom stereocenters. The predicted octanol–water partition coefficient (Wildman–Crippen LogP) is 2.92. The van der Waals surface area contributed by atoms with Gasteiger partial charge < -0.3 is 15.4 Å². The zero-order chi connectivity index (χ0) is 12.7. The first-order valence-electron chi connectivity index (χ1n) is 5.43. The van der Waals surface area contributed by atoms with Crippen molar-refractivity contribution in [1.82, 2.24) is 5.32 Å². The van der Waals surface area contributed by atoms with Crippen LogP contribution >= 0.6 is 15.9 Å². The molecule has 2 N–H and O–H groups in total. The number of carbonyl (C=O) groups excluding carboxylic acids is 1. The first-order valence-corrected chi connectivity index (χ1v) is 6.22. The van der Waals surface area contributed by atoms with Gasteiger partial charge in [0.1, 0.15) is 0 Å². The van der Waals surface area contributed by atoms with Crippen LogP contribution in [0.2, 0.25) is 0 Å². The van der Waals surface area contributed by atoms with Crippen molar-refractivity contribution in [2.75, 3.05) is 25.6 Å². The number of urea groups is 1. The Morgan fingerprint density at radius 1 is 1.47 bits per heavy atom. The number of rotatable bonds is 5. The summed E-state index contributed by atoms with van der Waals surface area (Å²) in [4.78, 5) is 11.5. The number of carbonyl (C=O) groups is 1. The van der Waals surface area contributed by atoms with Gasteiger partial charge in [-0.05, 0) is 37.1 Å². The van der Waals surface area contributed by atoms with E-state index in [-0.39, 0.29) is 6.03 Å². The maximum absolute atomic E-state index is 11.5. The molecule has 0 saturated carbocycles. The van der Waals surface area contributed by atoms with Crippen molar-refractivity contribution in [2.24, 2.45) is 0 Å². The van der Waals surface area contributed by atoms with Crippen LogP contribution in [-0.2, 0) is 4.74 Å². The van der Waals surface area contributed by atoms with Gasteiger partial charge in [0.05, 0.1) is 0 Å². The number of hydrogen-bond acceptors (Lipinski definition) is 2. The summed E-state index contributed by atoms with van der Waals surface area (Å²) in [5.74, 6) is 0. The number of nitrogens with one attached hydrogen (secondary N) is 2. The third-order valence-corrected chi connectivity index (χ3v) is 2.74. The SMILES string of the molecule is COCCCNC(=O)Nc1ccc(Br)cc1C. The van der Waals surface area contributed by atoms with E-state index < -0.39 is 0 Å². The van der Waals surface area contributed by atoms with Gasteiger partial charge >= 0.3 is 6.03 Å². The average Bonchev–Trinajstić information content (AvgIpc) is 2.28. The van der Waals surface area contributed by atoms with Gasteiger partial charge in [-0.15, -0.1) is 0 Å². The zero-order valence-corrected chi connectivity index (χ0v) is 11.6. The summed E-state index contributed by atoms with van der Waals surface area (Å²) in [6.07, 6.45) is 0.809. The second-order valence-electron chi connectivity index (χ2n) is 3.69. The highest BCUT2D eigenvalue weighted by Crippen LogP contribution is 2.19. The Bertz CT molecular complexity index is 383. The highest BCUT2D eigenvalue weighted by Gasteiger charge is 2.03. The minimum Gasteiger partial charge on any atom is -0.385 e. The summed E-state index contributed by atoms with van der Waals surface area (Å²) < 4.78 is 5.90. The standard InChI is InChI=1S/C12H17BrN2O2/c1-9-8-10(13)4-5-11(9)15-12(16)14-6-3-7-17-2/h4-5,8H,3,6-7H2,1-2H3,(H2,14,15,16). The van der Waals surface area contributed by atoms with Crippen molar-refractivity contribution in [1.29, 1.82) is 0 Å². The fraction of sp³-hybridized carbons (Fsp3) is 0.417. The summed E-state index contributed by atoms with van der Waals surface area (Å²) >= 11 is 3.38. The van der Waals surface area contributed by atoms with Gasteiger partial charge in [0.2, 0.25) is 0 Å². The number of hydrogen-bond donors (Lipinski definition) is 2. The van der Waals surface area contributed by atoms with Gasteiger partial charge in [-0.2, -0.15) is 0 Å². The topological polar surface area (TPSA) is 50.4 Å². The van der Waals surface area contributed by atoms with Crippen LogP contribution in [0, 0.1) is 6.92 Å². The Morgan fingerprint density at radius 2 is 2.24 bits per heavy atom. The van der Waals surface area contributed by atoms with E-state index in [1.165, 1.54) is 0 Å². The lowest BCUT2D eigenvalue weighted by molar-refractivity contribution is 0.194. The summed E-state index contributed by atoms with van der Waals surface area (Å²) in [6.45, 7) is 3.21. The average molecular weight is 301 g/mol. The second kappa shape index (κ2) is 7.29. The van der Waals surface area contributed by atoms with E-state index in [1.54, 1.807) is 7.11 Å². The molecule has 0 spiro atoms. The van der Waals surface area contributed by atoms with E-state index >= 15 is 0 Å². The van der Waals surface area contributed by atoms with E-state index in [0.717, 1.165) is 22.1 Å². The first kappa shape index (κ1) is 14.0. The molecule has 0 bridgehead atoms. The lowest BCUT2D eigenvalue weighted by Gasteiger charge is -2.10. The molecule has 0 unspecified atom stereocenters. The van der Waals surface area contributed by atoms with E-state index in [9.17, 15) is 4.79 Å². The van der Waals surface area contributed by atoms with Crippen LogP contribution in [-0.4, -0.2) is 26.3 Å². The van der Waals surface area contributed by atoms with Gasteiger partial charge in [-0.3, -0.25) is 0 Å². The van der Waals surface area contributed by atoms with Gasteiger partial charge in [0.15, 0.2) is 0 Å². The van der Waals surface area contributed by atoms with Crippen LogP contribution in [0.25, 0.3) is 0 Å². The Hall–Kier alpha value is -1.07. The smallest absolute Gasteiger partial charge is 0.319 e. The molecule has 1 rings (SSSR count). The molecule has 2 amide bonds. The Balaban J connectivity index is 2.40. The van der Waals surface area contributed by atoms with E-state index in [1.807, 2.05) is 25.1 Å². The molecule has 0 aromatic heterocycles. The van der Waals surface area contributed by atoms with Gasteiger partial charge in [0, 0.05) is 30.4 Å². The van der Waals surface area contributed by atoms with Crippen molar-refractivity contribution in [3.63, 3.8) is 0 Å². The van der Waals surface area contributed by atoms with Crippen LogP contribution in [0.3, 0.4) is 0 Å². The fourth-order valence-electron chi connectivity index (χ4n) is 1.35. The van der Waals surface area contributed by atoms with Crippen LogP contribution in [0.15, 0.2) is 22.7 Å². The Morgan fingerprint density at radius 3 is 2.88 bits per heavy atom. The maximum Gasteiger partial charge on any atom is 0.319 e. The van der Waals surface area contributed by atoms with Crippen molar-refractivity contribution in [3.05, 3.63) is 28.2 Å². The fourth-order valence-corrected chi connectivity index (χ4v) is 1.83. The molecular weight excluding hydrogens is 284 g/mol. The molecule has 0 aliphatic rings. The lowest BCUT2D eigenvalue weighted by Crippen LogP contribution is -2.30. The minimum atomic E-state index is -0.188. The van der Waals surface area contributed by atoms with Gasteiger partial charge in [-0.1, -0.05) is 15.9 Å². The summed E-state index contributed by atoms with van der Waals surface area (Å²) in [6, 6.07) is 5.54. The molecular formula is C12H17BrN2O2. The number of benzene rings is 1. The van der Waals surface area contributed by atoms with Crippen LogP contribution in [0.5, 0.6) is 0 Å². The molecule has 5 heteroatoms. The number of halogens is 1. The molecule has 0 aliphatic heterocycles. The number of anilines is 1. The third-order valence-electron chi connectivity index (χ3n) is 2.25. The largest absolute Gasteiger partial charge is 0.385 e.